The number of carbonyl (C=O) groups excluding carboxylic acids is 1. The van der Waals surface area contributed by atoms with Gasteiger partial charge in [0.2, 0.25) is 0 Å². The van der Waals surface area contributed by atoms with Crippen molar-refractivity contribution in [1.29, 1.82) is 0 Å². The summed E-state index contributed by atoms with van der Waals surface area (Å²) in [6.07, 6.45) is 16.6. The van der Waals surface area contributed by atoms with Crippen molar-refractivity contribution in [1.82, 2.24) is 0 Å². The Labute approximate surface area is 154 Å². The van der Waals surface area contributed by atoms with Crippen LogP contribution in [0.4, 0.5) is 0 Å². The first-order chi connectivity index (χ1) is 12.2. The van der Waals surface area contributed by atoms with Crippen LogP contribution < -0.4 is 0 Å². The average molecular weight is 341 g/mol. The standard InChI is InChI=1S/C24H36O/c1-3-5-7-8-10-11-20-13-15-21(16-14-20)23-18-17-22(24(25)19-23)12-9-6-4-2/h13-16,19,22H,3-12,17-18H2,1-2H3. The van der Waals surface area contributed by atoms with E-state index >= 15 is 0 Å². The molecule has 1 aromatic rings. The summed E-state index contributed by atoms with van der Waals surface area (Å²) in [4.78, 5) is 12.4. The lowest BCUT2D eigenvalue weighted by Crippen LogP contribution is -2.17. The maximum atomic E-state index is 12.4. The highest BCUT2D eigenvalue weighted by atomic mass is 16.1. The first kappa shape index (κ1) is 19.9. The highest BCUT2D eigenvalue weighted by Gasteiger charge is 2.22. The SMILES string of the molecule is CCCCCCCc1ccc(C2=CC(=O)C(CCCCC)CC2)cc1. The molecule has 1 unspecified atom stereocenters. The number of ketones is 1. The summed E-state index contributed by atoms with van der Waals surface area (Å²) < 4.78 is 0. The van der Waals surface area contributed by atoms with Gasteiger partial charge in [0.15, 0.2) is 5.78 Å². The normalized spacial score (nSPS) is 17.6. The van der Waals surface area contributed by atoms with Gasteiger partial charge in [0.25, 0.3) is 0 Å². The molecule has 0 radical (unpaired) electrons. The minimum absolute atomic E-state index is 0.276. The molecule has 1 aliphatic rings. The van der Waals surface area contributed by atoms with E-state index in [4.69, 9.17) is 0 Å². The minimum atomic E-state index is 0.276. The van der Waals surface area contributed by atoms with Crippen molar-refractivity contribution in [2.45, 2.75) is 90.9 Å². The van der Waals surface area contributed by atoms with E-state index in [1.54, 1.807) is 0 Å². The zero-order valence-electron chi connectivity index (χ0n) is 16.4. The Hall–Kier alpha value is -1.37. The molecule has 0 spiro atoms. The Bertz CT molecular complexity index is 538. The number of benzene rings is 1. The van der Waals surface area contributed by atoms with Gasteiger partial charge in [-0.1, -0.05) is 83.1 Å². The van der Waals surface area contributed by atoms with Crippen LogP contribution in [0.3, 0.4) is 0 Å². The third-order valence-electron chi connectivity index (χ3n) is 5.53. The topological polar surface area (TPSA) is 17.1 Å². The van der Waals surface area contributed by atoms with E-state index in [1.807, 2.05) is 6.08 Å². The second-order valence-electron chi connectivity index (χ2n) is 7.66. The number of hydrogen-bond acceptors (Lipinski definition) is 1. The van der Waals surface area contributed by atoms with Crippen molar-refractivity contribution in [3.63, 3.8) is 0 Å². The van der Waals surface area contributed by atoms with Crippen LogP contribution in [0.1, 0.15) is 95.6 Å². The Morgan fingerprint density at radius 1 is 0.880 bits per heavy atom. The molecular formula is C24H36O. The number of rotatable bonds is 11. The molecule has 25 heavy (non-hydrogen) atoms. The molecule has 1 aliphatic carbocycles. The summed E-state index contributed by atoms with van der Waals surface area (Å²) in [5, 5.41) is 0. The predicted molar refractivity (Wildman–Crippen MR) is 109 cm³/mol. The predicted octanol–water partition coefficient (Wildman–Crippen LogP) is 7.14. The monoisotopic (exact) mass is 340 g/mol. The summed E-state index contributed by atoms with van der Waals surface area (Å²) in [5.74, 6) is 0.634. The van der Waals surface area contributed by atoms with Gasteiger partial charge in [-0.3, -0.25) is 4.79 Å². The molecule has 0 aromatic heterocycles. The van der Waals surface area contributed by atoms with Gasteiger partial charge in [-0.25, -0.2) is 0 Å². The van der Waals surface area contributed by atoms with Gasteiger partial charge in [0.05, 0.1) is 0 Å². The fourth-order valence-electron chi connectivity index (χ4n) is 3.81. The summed E-state index contributed by atoms with van der Waals surface area (Å²) in [5.41, 5.74) is 3.92. The van der Waals surface area contributed by atoms with Gasteiger partial charge in [0.1, 0.15) is 0 Å². The van der Waals surface area contributed by atoms with E-state index in [0.717, 1.165) is 19.3 Å². The van der Waals surface area contributed by atoms with Crippen LogP contribution >= 0.6 is 0 Å². The summed E-state index contributed by atoms with van der Waals surface area (Å²) in [6, 6.07) is 8.96. The molecule has 0 amide bonds. The molecule has 0 aliphatic heterocycles. The highest BCUT2D eigenvalue weighted by molar-refractivity contribution is 5.99. The van der Waals surface area contributed by atoms with Crippen molar-refractivity contribution in [3.05, 3.63) is 41.5 Å². The van der Waals surface area contributed by atoms with E-state index in [-0.39, 0.29) is 5.92 Å². The molecule has 2 rings (SSSR count). The van der Waals surface area contributed by atoms with Crippen molar-refractivity contribution in [3.8, 4) is 0 Å². The minimum Gasteiger partial charge on any atom is -0.295 e. The highest BCUT2D eigenvalue weighted by Crippen LogP contribution is 2.31. The molecule has 0 fully saturated rings. The molecule has 0 heterocycles. The molecule has 0 bridgehead atoms. The molecule has 0 saturated heterocycles. The van der Waals surface area contributed by atoms with Gasteiger partial charge < -0.3 is 0 Å². The molecule has 0 N–H and O–H groups in total. The number of hydrogen-bond donors (Lipinski definition) is 0. The molecule has 0 saturated carbocycles. The van der Waals surface area contributed by atoms with Crippen LogP contribution in [0.5, 0.6) is 0 Å². The third kappa shape index (κ3) is 6.80. The molecule has 1 aromatic carbocycles. The third-order valence-corrected chi connectivity index (χ3v) is 5.53. The maximum Gasteiger partial charge on any atom is 0.159 e. The zero-order chi connectivity index (χ0) is 17.9. The maximum absolute atomic E-state index is 12.4. The van der Waals surface area contributed by atoms with Gasteiger partial charge in [-0.2, -0.15) is 0 Å². The van der Waals surface area contributed by atoms with Crippen molar-refractivity contribution < 1.29 is 4.79 Å². The molecule has 1 heteroatoms. The van der Waals surface area contributed by atoms with E-state index in [2.05, 4.69) is 38.1 Å². The fourth-order valence-corrected chi connectivity index (χ4v) is 3.81. The van der Waals surface area contributed by atoms with E-state index < -0.39 is 0 Å². The lowest BCUT2D eigenvalue weighted by atomic mass is 9.83. The van der Waals surface area contributed by atoms with Crippen LogP contribution in [-0.2, 0) is 11.2 Å². The number of aryl methyl sites for hydroxylation is 1. The van der Waals surface area contributed by atoms with Crippen LogP contribution in [-0.4, -0.2) is 5.78 Å². The van der Waals surface area contributed by atoms with Crippen LogP contribution in [0.15, 0.2) is 30.3 Å². The Morgan fingerprint density at radius 3 is 2.24 bits per heavy atom. The number of carbonyl (C=O) groups is 1. The van der Waals surface area contributed by atoms with E-state index in [9.17, 15) is 4.79 Å². The molecule has 1 atom stereocenters. The van der Waals surface area contributed by atoms with E-state index in [1.165, 1.54) is 74.5 Å². The van der Waals surface area contributed by atoms with Crippen LogP contribution in [0, 0.1) is 5.92 Å². The lowest BCUT2D eigenvalue weighted by molar-refractivity contribution is -0.118. The molecular weight excluding hydrogens is 304 g/mol. The second kappa shape index (κ2) is 11.3. The first-order valence-electron chi connectivity index (χ1n) is 10.6. The van der Waals surface area contributed by atoms with Gasteiger partial charge in [0, 0.05) is 5.92 Å². The Morgan fingerprint density at radius 2 is 1.56 bits per heavy atom. The second-order valence-corrected chi connectivity index (χ2v) is 7.66. The summed E-state index contributed by atoms with van der Waals surface area (Å²) in [6.45, 7) is 4.48. The Balaban J connectivity index is 1.83. The van der Waals surface area contributed by atoms with Crippen LogP contribution in [0.25, 0.3) is 5.57 Å². The fraction of sp³-hybridized carbons (Fsp3) is 0.625. The van der Waals surface area contributed by atoms with E-state index in [0.29, 0.717) is 5.78 Å². The Kier molecular flexibility index (Phi) is 9.00. The first-order valence-corrected chi connectivity index (χ1v) is 10.6. The van der Waals surface area contributed by atoms with Crippen molar-refractivity contribution in [2.75, 3.05) is 0 Å². The molecule has 138 valence electrons. The quantitative estimate of drug-likeness (QED) is 0.391. The summed E-state index contributed by atoms with van der Waals surface area (Å²) in [7, 11) is 0. The smallest absolute Gasteiger partial charge is 0.159 e. The average Bonchev–Trinajstić information content (AvgIpc) is 2.63. The largest absolute Gasteiger partial charge is 0.295 e. The van der Waals surface area contributed by atoms with Crippen LogP contribution in [0.2, 0.25) is 0 Å². The molecule has 1 nitrogen and oxygen atoms in total. The number of allylic oxidation sites excluding steroid dienone is 2. The number of unbranched alkanes of at least 4 members (excludes halogenated alkanes) is 6. The van der Waals surface area contributed by atoms with Crippen molar-refractivity contribution in [2.24, 2.45) is 5.92 Å². The van der Waals surface area contributed by atoms with Gasteiger partial charge >= 0.3 is 0 Å². The van der Waals surface area contributed by atoms with Gasteiger partial charge in [-0.05, 0) is 54.9 Å². The zero-order valence-corrected chi connectivity index (χ0v) is 16.4. The van der Waals surface area contributed by atoms with Crippen molar-refractivity contribution >= 4 is 11.4 Å². The summed E-state index contributed by atoms with van der Waals surface area (Å²) >= 11 is 0. The lowest BCUT2D eigenvalue weighted by Gasteiger charge is -2.21. The van der Waals surface area contributed by atoms with Gasteiger partial charge in [-0.15, -0.1) is 0 Å².